The molecule has 4 aliphatic rings. The number of carbonyl (C=O) groups excluding carboxylic acids is 1. The Labute approximate surface area is 256 Å². The van der Waals surface area contributed by atoms with Crippen molar-refractivity contribution >= 4 is 17.4 Å². The number of anilines is 2. The summed E-state index contributed by atoms with van der Waals surface area (Å²) in [5.41, 5.74) is 5.07. The first kappa shape index (κ1) is 29.4. The van der Waals surface area contributed by atoms with E-state index in [0.717, 1.165) is 56.7 Å². The van der Waals surface area contributed by atoms with E-state index < -0.39 is 0 Å². The van der Waals surface area contributed by atoms with Crippen LogP contribution in [-0.2, 0) is 24.1 Å². The van der Waals surface area contributed by atoms with E-state index in [-0.39, 0.29) is 18.4 Å². The standard InChI is InChI=1S/C34H45N7O2/c1-4-32(42)41-20-19-38(22-27(41)15-16-35)33-29-14-13-26(40-18-7-10-25-9-5-6-12-31(25)40)21-30(29)36-34(37-33)43-23-28-11-8-17-39(28)24(2)3/h4-6,9,12,24,26-28H,1,7-8,10-11,13-15,17-23H2,2-3H3/t26-,27-,28-/m0/s1. The molecular formula is C34H45N7O2. The first-order valence-electron chi connectivity index (χ1n) is 16.1. The average molecular weight is 584 g/mol. The summed E-state index contributed by atoms with van der Waals surface area (Å²) >= 11 is 0. The van der Waals surface area contributed by atoms with E-state index in [0.29, 0.717) is 50.4 Å². The van der Waals surface area contributed by atoms with E-state index in [1.165, 1.54) is 35.7 Å². The summed E-state index contributed by atoms with van der Waals surface area (Å²) in [4.78, 5) is 31.9. The molecule has 0 radical (unpaired) electrons. The molecule has 2 aromatic rings. The fourth-order valence-electron chi connectivity index (χ4n) is 7.71. The molecule has 0 spiro atoms. The summed E-state index contributed by atoms with van der Waals surface area (Å²) in [6, 6.07) is 12.6. The van der Waals surface area contributed by atoms with E-state index in [4.69, 9.17) is 14.7 Å². The van der Waals surface area contributed by atoms with Crippen molar-refractivity contribution in [2.24, 2.45) is 0 Å². The van der Waals surface area contributed by atoms with Crippen LogP contribution in [0, 0.1) is 11.3 Å². The van der Waals surface area contributed by atoms with Crippen molar-refractivity contribution in [2.75, 3.05) is 49.1 Å². The van der Waals surface area contributed by atoms with Crippen LogP contribution in [0.3, 0.4) is 0 Å². The van der Waals surface area contributed by atoms with Crippen molar-refractivity contribution in [3.63, 3.8) is 0 Å². The average Bonchev–Trinajstić information content (AvgIpc) is 3.52. The summed E-state index contributed by atoms with van der Waals surface area (Å²) in [6.07, 6.45) is 9.04. The zero-order chi connectivity index (χ0) is 29.9. The lowest BCUT2D eigenvalue weighted by Gasteiger charge is -2.43. The molecule has 2 fully saturated rings. The number of rotatable bonds is 8. The second-order valence-electron chi connectivity index (χ2n) is 12.7. The molecule has 9 heteroatoms. The Bertz CT molecular complexity index is 1370. The normalized spacial score (nSPS) is 24.0. The minimum Gasteiger partial charge on any atom is -0.462 e. The number of fused-ring (bicyclic) bond motifs is 2. The quantitative estimate of drug-likeness (QED) is 0.429. The number of aryl methyl sites for hydroxylation is 1. The van der Waals surface area contributed by atoms with Gasteiger partial charge in [0.1, 0.15) is 12.4 Å². The highest BCUT2D eigenvalue weighted by Crippen LogP contribution is 2.37. The number of nitriles is 1. The summed E-state index contributed by atoms with van der Waals surface area (Å²) in [6.45, 7) is 12.7. The zero-order valence-electron chi connectivity index (χ0n) is 25.7. The van der Waals surface area contributed by atoms with E-state index in [2.05, 4.69) is 65.5 Å². The van der Waals surface area contributed by atoms with Gasteiger partial charge in [-0.05, 0) is 76.6 Å². The summed E-state index contributed by atoms with van der Waals surface area (Å²) in [7, 11) is 0. The Balaban J connectivity index is 1.29. The van der Waals surface area contributed by atoms with Gasteiger partial charge in [-0.1, -0.05) is 24.8 Å². The Morgan fingerprint density at radius 1 is 1.12 bits per heavy atom. The lowest BCUT2D eigenvalue weighted by atomic mass is 9.88. The van der Waals surface area contributed by atoms with Gasteiger partial charge >= 0.3 is 6.01 Å². The van der Waals surface area contributed by atoms with Gasteiger partial charge in [0.25, 0.3) is 0 Å². The SMILES string of the molecule is C=CC(=O)N1CCN(c2nc(OC[C@@H]3CCCN3C(C)C)nc3c2CC[C@H](N2CCCc4ccccc42)C3)C[C@@H]1CC#N. The molecule has 3 atom stereocenters. The third kappa shape index (κ3) is 6.08. The fourth-order valence-corrected chi connectivity index (χ4v) is 7.71. The molecule has 9 nitrogen and oxygen atoms in total. The summed E-state index contributed by atoms with van der Waals surface area (Å²) in [5, 5.41) is 9.55. The molecule has 228 valence electrons. The van der Waals surface area contributed by atoms with Crippen LogP contribution in [0.25, 0.3) is 0 Å². The van der Waals surface area contributed by atoms with Crippen LogP contribution in [0.2, 0.25) is 0 Å². The van der Waals surface area contributed by atoms with Gasteiger partial charge in [-0.15, -0.1) is 0 Å². The minimum atomic E-state index is -0.210. The summed E-state index contributed by atoms with van der Waals surface area (Å²) in [5.74, 6) is 0.794. The molecule has 0 saturated carbocycles. The molecule has 2 saturated heterocycles. The molecule has 43 heavy (non-hydrogen) atoms. The number of hydrogen-bond acceptors (Lipinski definition) is 8. The summed E-state index contributed by atoms with van der Waals surface area (Å²) < 4.78 is 6.42. The second kappa shape index (κ2) is 12.9. The topological polar surface area (TPSA) is 88.8 Å². The molecule has 6 rings (SSSR count). The predicted octanol–water partition coefficient (Wildman–Crippen LogP) is 4.16. The smallest absolute Gasteiger partial charge is 0.318 e. The molecule has 3 aliphatic heterocycles. The highest BCUT2D eigenvalue weighted by molar-refractivity contribution is 5.87. The van der Waals surface area contributed by atoms with E-state index in [1.54, 1.807) is 4.90 Å². The van der Waals surface area contributed by atoms with Gasteiger partial charge in [0, 0.05) is 62.0 Å². The Morgan fingerprint density at radius 3 is 2.79 bits per heavy atom. The van der Waals surface area contributed by atoms with Crippen LogP contribution >= 0.6 is 0 Å². The van der Waals surface area contributed by atoms with Gasteiger partial charge in [0.15, 0.2) is 0 Å². The lowest BCUT2D eigenvalue weighted by molar-refractivity contribution is -0.128. The molecule has 0 N–H and O–H groups in total. The van der Waals surface area contributed by atoms with Crippen LogP contribution < -0.4 is 14.5 Å². The van der Waals surface area contributed by atoms with Crippen molar-refractivity contribution in [2.45, 2.75) is 89.4 Å². The largest absolute Gasteiger partial charge is 0.462 e. The highest BCUT2D eigenvalue weighted by atomic mass is 16.5. The van der Waals surface area contributed by atoms with Gasteiger partial charge < -0.3 is 19.4 Å². The second-order valence-corrected chi connectivity index (χ2v) is 12.7. The van der Waals surface area contributed by atoms with Gasteiger partial charge in [0.2, 0.25) is 5.91 Å². The van der Waals surface area contributed by atoms with Crippen LogP contribution in [0.15, 0.2) is 36.9 Å². The van der Waals surface area contributed by atoms with Crippen molar-refractivity contribution < 1.29 is 9.53 Å². The minimum absolute atomic E-state index is 0.121. The third-order valence-corrected chi connectivity index (χ3v) is 9.85. The van der Waals surface area contributed by atoms with E-state index in [9.17, 15) is 10.1 Å². The molecular weight excluding hydrogens is 538 g/mol. The number of benzene rings is 1. The Hall–Kier alpha value is -3.64. The number of aromatic nitrogens is 2. The van der Waals surface area contributed by atoms with Crippen LogP contribution in [-0.4, -0.2) is 89.2 Å². The maximum Gasteiger partial charge on any atom is 0.318 e. The maximum absolute atomic E-state index is 12.6. The molecule has 1 aromatic heterocycles. The van der Waals surface area contributed by atoms with E-state index >= 15 is 0 Å². The first-order chi connectivity index (χ1) is 21.0. The van der Waals surface area contributed by atoms with Crippen LogP contribution in [0.4, 0.5) is 11.5 Å². The lowest BCUT2D eigenvalue weighted by Crippen LogP contribution is -2.55. The number of para-hydroxylation sites is 1. The first-order valence-corrected chi connectivity index (χ1v) is 16.1. The number of ether oxygens (including phenoxy) is 1. The maximum atomic E-state index is 12.6. The van der Waals surface area contributed by atoms with Crippen LogP contribution in [0.5, 0.6) is 6.01 Å². The number of piperazine rings is 1. The van der Waals surface area contributed by atoms with E-state index in [1.807, 2.05) is 0 Å². The van der Waals surface area contributed by atoms with Gasteiger partial charge in [-0.2, -0.15) is 15.2 Å². The number of amides is 1. The van der Waals surface area contributed by atoms with Gasteiger partial charge in [0.05, 0.1) is 24.2 Å². The highest BCUT2D eigenvalue weighted by Gasteiger charge is 2.35. The van der Waals surface area contributed by atoms with Gasteiger partial charge in [-0.3, -0.25) is 9.69 Å². The molecule has 1 amide bonds. The number of hydrogen-bond donors (Lipinski definition) is 0. The third-order valence-electron chi connectivity index (χ3n) is 9.85. The van der Waals surface area contributed by atoms with Crippen LogP contribution in [0.1, 0.15) is 62.8 Å². The number of likely N-dealkylation sites (tertiary alicyclic amines) is 1. The number of carbonyl (C=O) groups is 1. The monoisotopic (exact) mass is 583 g/mol. The molecule has 0 unspecified atom stereocenters. The zero-order valence-corrected chi connectivity index (χ0v) is 25.7. The predicted molar refractivity (Wildman–Crippen MR) is 168 cm³/mol. The van der Waals surface area contributed by atoms with Crippen molar-refractivity contribution in [3.8, 4) is 12.1 Å². The molecule has 1 aromatic carbocycles. The fraction of sp³-hybridized carbons (Fsp3) is 0.588. The number of nitrogens with zero attached hydrogens (tertiary/aromatic N) is 7. The van der Waals surface area contributed by atoms with Crippen molar-refractivity contribution in [1.82, 2.24) is 19.8 Å². The van der Waals surface area contributed by atoms with Crippen molar-refractivity contribution in [1.29, 1.82) is 5.26 Å². The molecule has 1 aliphatic carbocycles. The van der Waals surface area contributed by atoms with Crippen molar-refractivity contribution in [3.05, 3.63) is 53.7 Å². The Kier molecular flexibility index (Phi) is 8.85. The van der Waals surface area contributed by atoms with Gasteiger partial charge in [-0.25, -0.2) is 0 Å². The molecule has 0 bridgehead atoms. The Morgan fingerprint density at radius 2 is 1.98 bits per heavy atom. The molecule has 4 heterocycles.